The summed E-state index contributed by atoms with van der Waals surface area (Å²) in [5.74, 6) is -0.854. The monoisotopic (exact) mass is 232 g/mol. The van der Waals surface area contributed by atoms with Gasteiger partial charge < -0.3 is 11.1 Å². The number of rotatable bonds is 2. The number of halogens is 1. The summed E-state index contributed by atoms with van der Waals surface area (Å²) in [6.07, 6.45) is 4.08. The highest BCUT2D eigenvalue weighted by Crippen LogP contribution is 2.19. The molecule has 0 fully saturated rings. The molecule has 1 aromatic heterocycles. The van der Waals surface area contributed by atoms with Gasteiger partial charge in [-0.2, -0.15) is 0 Å². The Morgan fingerprint density at radius 1 is 1.29 bits per heavy atom. The Hall–Kier alpha value is -2.50. The lowest BCUT2D eigenvalue weighted by atomic mass is 10.2. The number of hydrogen-bond donors (Lipinski definition) is 2. The number of nitrogens with two attached hydrogens (primary N) is 1. The second-order valence-electron chi connectivity index (χ2n) is 3.31. The molecular formula is C11H9FN4O. The molecule has 2 aromatic rings. The molecule has 0 bridgehead atoms. The number of benzene rings is 1. The summed E-state index contributed by atoms with van der Waals surface area (Å²) in [4.78, 5) is 19.2. The highest BCUT2D eigenvalue weighted by atomic mass is 19.1. The normalized spacial score (nSPS) is 9.94. The molecule has 86 valence electrons. The van der Waals surface area contributed by atoms with E-state index in [1.807, 2.05) is 0 Å². The fourth-order valence-electron chi connectivity index (χ4n) is 1.26. The van der Waals surface area contributed by atoms with Crippen molar-refractivity contribution in [3.63, 3.8) is 0 Å². The van der Waals surface area contributed by atoms with Gasteiger partial charge in [0.1, 0.15) is 12.1 Å². The lowest BCUT2D eigenvalue weighted by Crippen LogP contribution is -2.13. The van der Waals surface area contributed by atoms with Crippen LogP contribution in [0.5, 0.6) is 0 Å². The van der Waals surface area contributed by atoms with Crippen molar-refractivity contribution in [2.45, 2.75) is 0 Å². The minimum Gasteiger partial charge on any atom is -0.397 e. The summed E-state index contributed by atoms with van der Waals surface area (Å²) < 4.78 is 12.8. The van der Waals surface area contributed by atoms with E-state index in [-0.39, 0.29) is 5.69 Å². The molecule has 1 amide bonds. The molecule has 0 radical (unpaired) electrons. The topological polar surface area (TPSA) is 80.9 Å². The summed E-state index contributed by atoms with van der Waals surface area (Å²) in [6, 6.07) is 3.75. The van der Waals surface area contributed by atoms with Gasteiger partial charge in [-0.3, -0.25) is 4.79 Å². The van der Waals surface area contributed by atoms with Crippen LogP contribution < -0.4 is 11.1 Å². The van der Waals surface area contributed by atoms with Crippen molar-refractivity contribution in [2.24, 2.45) is 0 Å². The lowest BCUT2D eigenvalue weighted by Gasteiger charge is -2.07. The number of aromatic nitrogens is 2. The van der Waals surface area contributed by atoms with E-state index in [1.165, 1.54) is 30.9 Å². The van der Waals surface area contributed by atoms with E-state index in [4.69, 9.17) is 5.73 Å². The Kier molecular flexibility index (Phi) is 2.95. The number of carbonyl (C=O) groups excluding carboxylic acids is 1. The summed E-state index contributed by atoms with van der Waals surface area (Å²) in [5.41, 5.74) is 6.37. The standard InChI is InChI=1S/C11H9FN4O/c12-8-1-2-10(9(13)3-8)16-11(17)7-4-14-6-15-5-7/h1-6H,13H2,(H,16,17). The van der Waals surface area contributed by atoms with E-state index < -0.39 is 11.7 Å². The van der Waals surface area contributed by atoms with Gasteiger partial charge in [0.25, 0.3) is 5.91 Å². The van der Waals surface area contributed by atoms with Gasteiger partial charge in [0.15, 0.2) is 0 Å². The average molecular weight is 232 g/mol. The van der Waals surface area contributed by atoms with Crippen LogP contribution in [0, 0.1) is 5.82 Å². The zero-order chi connectivity index (χ0) is 12.3. The van der Waals surface area contributed by atoms with Gasteiger partial charge >= 0.3 is 0 Å². The first-order valence-corrected chi connectivity index (χ1v) is 4.78. The molecule has 0 saturated carbocycles. The van der Waals surface area contributed by atoms with Crippen LogP contribution in [-0.4, -0.2) is 15.9 Å². The van der Waals surface area contributed by atoms with E-state index in [0.717, 1.165) is 6.07 Å². The van der Waals surface area contributed by atoms with E-state index in [1.54, 1.807) is 0 Å². The maximum absolute atomic E-state index is 12.8. The minimum atomic E-state index is -0.455. The number of hydrogen-bond acceptors (Lipinski definition) is 4. The molecule has 0 saturated heterocycles. The number of amides is 1. The summed E-state index contributed by atoms with van der Waals surface area (Å²) in [5, 5.41) is 2.54. The zero-order valence-corrected chi connectivity index (χ0v) is 8.72. The Bertz CT molecular complexity index is 544. The largest absolute Gasteiger partial charge is 0.397 e. The van der Waals surface area contributed by atoms with E-state index in [9.17, 15) is 9.18 Å². The Morgan fingerprint density at radius 3 is 2.65 bits per heavy atom. The van der Waals surface area contributed by atoms with Crippen molar-refractivity contribution in [1.82, 2.24) is 9.97 Å². The van der Waals surface area contributed by atoms with Crippen molar-refractivity contribution >= 4 is 17.3 Å². The van der Waals surface area contributed by atoms with Gasteiger partial charge in [0, 0.05) is 12.4 Å². The SMILES string of the molecule is Nc1cc(F)ccc1NC(=O)c1cncnc1. The predicted molar refractivity (Wildman–Crippen MR) is 60.8 cm³/mol. The molecule has 17 heavy (non-hydrogen) atoms. The van der Waals surface area contributed by atoms with Crippen LogP contribution in [-0.2, 0) is 0 Å². The van der Waals surface area contributed by atoms with Crippen LogP contribution in [0.25, 0.3) is 0 Å². The van der Waals surface area contributed by atoms with Gasteiger partial charge in [-0.1, -0.05) is 0 Å². The third-order valence-corrected chi connectivity index (χ3v) is 2.08. The molecule has 3 N–H and O–H groups in total. The van der Waals surface area contributed by atoms with E-state index in [2.05, 4.69) is 15.3 Å². The van der Waals surface area contributed by atoms with Crippen LogP contribution >= 0.6 is 0 Å². The first-order valence-electron chi connectivity index (χ1n) is 4.78. The highest BCUT2D eigenvalue weighted by molar-refractivity contribution is 6.05. The van der Waals surface area contributed by atoms with Crippen molar-refractivity contribution in [1.29, 1.82) is 0 Å². The molecule has 0 aliphatic carbocycles. The van der Waals surface area contributed by atoms with Crippen molar-refractivity contribution in [3.05, 3.63) is 48.3 Å². The molecule has 0 aliphatic rings. The second kappa shape index (κ2) is 4.56. The number of carbonyl (C=O) groups is 1. The maximum Gasteiger partial charge on any atom is 0.258 e. The second-order valence-corrected chi connectivity index (χ2v) is 3.31. The van der Waals surface area contributed by atoms with Crippen molar-refractivity contribution in [3.8, 4) is 0 Å². The Balaban J connectivity index is 2.19. The average Bonchev–Trinajstić information content (AvgIpc) is 2.34. The minimum absolute atomic E-state index is 0.162. The maximum atomic E-state index is 12.8. The van der Waals surface area contributed by atoms with Crippen molar-refractivity contribution in [2.75, 3.05) is 11.1 Å². The Labute approximate surface area is 96.5 Å². The highest BCUT2D eigenvalue weighted by Gasteiger charge is 2.08. The first-order chi connectivity index (χ1) is 8.16. The van der Waals surface area contributed by atoms with Crippen LogP contribution in [0.15, 0.2) is 36.9 Å². The smallest absolute Gasteiger partial charge is 0.258 e. The molecule has 0 aliphatic heterocycles. The number of anilines is 2. The van der Waals surface area contributed by atoms with E-state index >= 15 is 0 Å². The molecular weight excluding hydrogens is 223 g/mol. The third-order valence-electron chi connectivity index (χ3n) is 2.08. The number of nitrogens with one attached hydrogen (secondary N) is 1. The van der Waals surface area contributed by atoms with Gasteiger partial charge in [-0.25, -0.2) is 14.4 Å². The van der Waals surface area contributed by atoms with Gasteiger partial charge in [0.05, 0.1) is 16.9 Å². The first kappa shape index (κ1) is 11.0. The zero-order valence-electron chi connectivity index (χ0n) is 8.72. The van der Waals surface area contributed by atoms with Gasteiger partial charge in [-0.15, -0.1) is 0 Å². The molecule has 0 atom stereocenters. The quantitative estimate of drug-likeness (QED) is 0.768. The molecule has 1 aromatic carbocycles. The summed E-state index contributed by atoms with van der Waals surface area (Å²) in [6.45, 7) is 0. The lowest BCUT2D eigenvalue weighted by molar-refractivity contribution is 0.102. The molecule has 0 spiro atoms. The molecule has 2 rings (SSSR count). The molecule has 6 heteroatoms. The van der Waals surface area contributed by atoms with Gasteiger partial charge in [0.2, 0.25) is 0 Å². The molecule has 5 nitrogen and oxygen atoms in total. The Morgan fingerprint density at radius 2 is 2.00 bits per heavy atom. The fraction of sp³-hybridized carbons (Fsp3) is 0. The summed E-state index contributed by atoms with van der Waals surface area (Å²) in [7, 11) is 0. The third kappa shape index (κ3) is 2.54. The number of nitrogens with zero attached hydrogens (tertiary/aromatic N) is 2. The summed E-state index contributed by atoms with van der Waals surface area (Å²) >= 11 is 0. The van der Waals surface area contributed by atoms with Crippen molar-refractivity contribution < 1.29 is 9.18 Å². The fourth-order valence-corrected chi connectivity index (χ4v) is 1.26. The number of nitrogen functional groups attached to an aromatic ring is 1. The molecule has 0 unspecified atom stereocenters. The molecule has 1 heterocycles. The predicted octanol–water partition coefficient (Wildman–Crippen LogP) is 1.45. The van der Waals surface area contributed by atoms with Crippen LogP contribution in [0.4, 0.5) is 15.8 Å². The van der Waals surface area contributed by atoms with Crippen LogP contribution in [0.1, 0.15) is 10.4 Å². The van der Waals surface area contributed by atoms with Crippen LogP contribution in [0.2, 0.25) is 0 Å². The van der Waals surface area contributed by atoms with Gasteiger partial charge in [-0.05, 0) is 18.2 Å². The van der Waals surface area contributed by atoms with E-state index in [0.29, 0.717) is 11.3 Å². The van der Waals surface area contributed by atoms with Crippen LogP contribution in [0.3, 0.4) is 0 Å².